The molecule has 0 saturated heterocycles. The van der Waals surface area contributed by atoms with Crippen molar-refractivity contribution in [2.75, 3.05) is 13.8 Å². The summed E-state index contributed by atoms with van der Waals surface area (Å²) >= 11 is 0. The van der Waals surface area contributed by atoms with E-state index < -0.39 is 16.1 Å². The fraction of sp³-hybridized carbons (Fsp3) is 0.263. The van der Waals surface area contributed by atoms with Gasteiger partial charge in [0.15, 0.2) is 11.5 Å². The fourth-order valence-electron chi connectivity index (χ4n) is 3.03. The molecule has 8 nitrogen and oxygen atoms in total. The normalized spacial score (nSPS) is 18.4. The van der Waals surface area contributed by atoms with Crippen LogP contribution in [0.3, 0.4) is 0 Å². The summed E-state index contributed by atoms with van der Waals surface area (Å²) < 4.78 is 38.2. The predicted molar refractivity (Wildman–Crippen MR) is 102 cm³/mol. The zero-order valence-electron chi connectivity index (χ0n) is 15.4. The Labute approximate surface area is 162 Å². The van der Waals surface area contributed by atoms with E-state index in [9.17, 15) is 13.2 Å². The molecule has 0 aliphatic carbocycles. The van der Waals surface area contributed by atoms with Crippen LogP contribution in [0.2, 0.25) is 0 Å². The zero-order chi connectivity index (χ0) is 19.9. The standard InChI is InChI=1S/C19H19N3O5S/c1-12-3-6-14(7-4-12)28(24,25)21-19-20-15(18(23)22(19)2)9-13-5-8-16-17(10-13)27-11-26-16/h3-8,10,15H,9,11H2,1-2H3,(H,20,21). The van der Waals surface area contributed by atoms with Crippen molar-refractivity contribution < 1.29 is 22.7 Å². The highest BCUT2D eigenvalue weighted by molar-refractivity contribution is 7.90. The smallest absolute Gasteiger partial charge is 0.264 e. The zero-order valence-corrected chi connectivity index (χ0v) is 16.2. The maximum absolute atomic E-state index is 12.6. The van der Waals surface area contributed by atoms with Crippen molar-refractivity contribution in [1.29, 1.82) is 0 Å². The van der Waals surface area contributed by atoms with E-state index in [4.69, 9.17) is 9.47 Å². The van der Waals surface area contributed by atoms with Gasteiger partial charge in [-0.05, 0) is 36.8 Å². The Kier molecular flexibility index (Phi) is 4.46. The average molecular weight is 401 g/mol. The summed E-state index contributed by atoms with van der Waals surface area (Å²) in [4.78, 5) is 18.2. The second-order valence-corrected chi connectivity index (χ2v) is 8.36. The SMILES string of the molecule is Cc1ccc(S(=O)(=O)NC2=NC(Cc3ccc4c(c3)OCO4)C(=O)N2C)cc1. The number of sulfonamides is 1. The number of amides is 1. The van der Waals surface area contributed by atoms with Crippen molar-refractivity contribution >= 4 is 21.9 Å². The highest BCUT2D eigenvalue weighted by atomic mass is 32.2. The number of carbonyl (C=O) groups excluding carboxylic acids is 1. The Morgan fingerprint density at radius 2 is 1.86 bits per heavy atom. The molecule has 1 unspecified atom stereocenters. The molecule has 1 N–H and O–H groups in total. The summed E-state index contributed by atoms with van der Waals surface area (Å²) in [7, 11) is -2.33. The maximum atomic E-state index is 12.6. The molecular formula is C19H19N3O5S. The quantitative estimate of drug-likeness (QED) is 0.836. The van der Waals surface area contributed by atoms with Crippen LogP contribution in [0.4, 0.5) is 0 Å². The number of guanidine groups is 1. The maximum Gasteiger partial charge on any atom is 0.264 e. The van der Waals surface area contributed by atoms with Crippen LogP contribution in [-0.2, 0) is 21.2 Å². The molecule has 0 spiro atoms. The summed E-state index contributed by atoms with van der Waals surface area (Å²) in [5.41, 5.74) is 1.80. The van der Waals surface area contributed by atoms with Crippen LogP contribution in [0.25, 0.3) is 0 Å². The molecule has 2 aliphatic rings. The lowest BCUT2D eigenvalue weighted by Gasteiger charge is -2.14. The van der Waals surface area contributed by atoms with Gasteiger partial charge in [-0.1, -0.05) is 23.8 Å². The minimum absolute atomic E-state index is 0.0105. The number of hydrogen-bond acceptors (Lipinski definition) is 6. The van der Waals surface area contributed by atoms with E-state index in [-0.39, 0.29) is 23.6 Å². The molecule has 0 radical (unpaired) electrons. The second kappa shape index (κ2) is 6.83. The van der Waals surface area contributed by atoms with Gasteiger partial charge in [0.25, 0.3) is 15.9 Å². The van der Waals surface area contributed by atoms with Gasteiger partial charge in [-0.3, -0.25) is 9.69 Å². The number of benzene rings is 2. The third-order valence-electron chi connectivity index (χ3n) is 4.63. The number of carbonyl (C=O) groups is 1. The molecule has 9 heteroatoms. The summed E-state index contributed by atoms with van der Waals surface area (Å²) in [6.45, 7) is 2.05. The molecular weight excluding hydrogens is 382 g/mol. The molecule has 0 bridgehead atoms. The van der Waals surface area contributed by atoms with Crippen molar-refractivity contribution in [2.45, 2.75) is 24.3 Å². The van der Waals surface area contributed by atoms with Gasteiger partial charge < -0.3 is 9.47 Å². The Morgan fingerprint density at radius 3 is 2.61 bits per heavy atom. The monoisotopic (exact) mass is 401 g/mol. The minimum Gasteiger partial charge on any atom is -0.454 e. The molecule has 146 valence electrons. The van der Waals surface area contributed by atoms with E-state index in [1.165, 1.54) is 24.1 Å². The number of ether oxygens (including phenoxy) is 2. The highest BCUT2D eigenvalue weighted by Gasteiger charge is 2.34. The van der Waals surface area contributed by atoms with Gasteiger partial charge in [-0.2, -0.15) is 0 Å². The van der Waals surface area contributed by atoms with Crippen molar-refractivity contribution in [3.05, 3.63) is 53.6 Å². The van der Waals surface area contributed by atoms with Crippen molar-refractivity contribution in [2.24, 2.45) is 4.99 Å². The predicted octanol–water partition coefficient (Wildman–Crippen LogP) is 1.44. The lowest BCUT2D eigenvalue weighted by atomic mass is 10.1. The van der Waals surface area contributed by atoms with Crippen LogP contribution in [0.15, 0.2) is 52.4 Å². The van der Waals surface area contributed by atoms with Crippen molar-refractivity contribution in [3.8, 4) is 11.5 Å². The second-order valence-electron chi connectivity index (χ2n) is 6.68. The van der Waals surface area contributed by atoms with Gasteiger partial charge in [-0.15, -0.1) is 0 Å². The third-order valence-corrected chi connectivity index (χ3v) is 5.98. The van der Waals surface area contributed by atoms with Crippen LogP contribution in [-0.4, -0.2) is 45.1 Å². The molecule has 4 rings (SSSR count). The molecule has 2 heterocycles. The number of fused-ring (bicyclic) bond motifs is 1. The number of aliphatic imine (C=N–C) groups is 1. The van der Waals surface area contributed by atoms with E-state index in [0.29, 0.717) is 17.9 Å². The number of hydrogen-bond donors (Lipinski definition) is 1. The highest BCUT2D eigenvalue weighted by Crippen LogP contribution is 2.33. The molecule has 0 saturated carbocycles. The first-order valence-corrected chi connectivity index (χ1v) is 10.2. The van der Waals surface area contributed by atoms with E-state index >= 15 is 0 Å². The first-order chi connectivity index (χ1) is 13.3. The Hall–Kier alpha value is -3.07. The van der Waals surface area contributed by atoms with Gasteiger partial charge in [0.05, 0.1) is 4.90 Å². The first-order valence-electron chi connectivity index (χ1n) is 8.67. The molecule has 0 aromatic heterocycles. The number of aryl methyl sites for hydroxylation is 1. The van der Waals surface area contributed by atoms with Crippen LogP contribution in [0.5, 0.6) is 11.5 Å². The topological polar surface area (TPSA) is 97.3 Å². The average Bonchev–Trinajstić information content (AvgIpc) is 3.22. The lowest BCUT2D eigenvalue weighted by molar-refractivity contribution is -0.126. The van der Waals surface area contributed by atoms with Crippen LogP contribution in [0.1, 0.15) is 11.1 Å². The number of nitrogens with zero attached hydrogens (tertiary/aromatic N) is 2. The van der Waals surface area contributed by atoms with E-state index in [0.717, 1.165) is 11.1 Å². The summed E-state index contributed by atoms with van der Waals surface area (Å²) in [5.74, 6) is 1.02. The van der Waals surface area contributed by atoms with Crippen molar-refractivity contribution in [3.63, 3.8) is 0 Å². The summed E-state index contributed by atoms with van der Waals surface area (Å²) in [5, 5.41) is 0. The Morgan fingerprint density at radius 1 is 1.14 bits per heavy atom. The van der Waals surface area contributed by atoms with Gasteiger partial charge in [-0.25, -0.2) is 18.1 Å². The lowest BCUT2D eigenvalue weighted by Crippen LogP contribution is -2.42. The van der Waals surface area contributed by atoms with Gasteiger partial charge in [0.1, 0.15) is 6.04 Å². The van der Waals surface area contributed by atoms with E-state index in [1.54, 1.807) is 24.3 Å². The van der Waals surface area contributed by atoms with E-state index in [2.05, 4.69) is 9.71 Å². The molecule has 1 amide bonds. The van der Waals surface area contributed by atoms with Crippen LogP contribution >= 0.6 is 0 Å². The largest absolute Gasteiger partial charge is 0.454 e. The van der Waals surface area contributed by atoms with Crippen LogP contribution < -0.4 is 14.2 Å². The van der Waals surface area contributed by atoms with Gasteiger partial charge in [0.2, 0.25) is 12.8 Å². The molecule has 28 heavy (non-hydrogen) atoms. The molecule has 2 aromatic carbocycles. The summed E-state index contributed by atoms with van der Waals surface area (Å²) in [6.07, 6.45) is 0.329. The molecule has 2 aromatic rings. The Bertz CT molecular complexity index is 1060. The number of rotatable bonds is 4. The van der Waals surface area contributed by atoms with Crippen molar-refractivity contribution in [1.82, 2.24) is 9.62 Å². The third kappa shape index (κ3) is 3.40. The molecule has 1 atom stereocenters. The van der Waals surface area contributed by atoms with Gasteiger partial charge >= 0.3 is 0 Å². The fourth-order valence-corrected chi connectivity index (χ4v) is 4.08. The molecule has 2 aliphatic heterocycles. The summed E-state index contributed by atoms with van der Waals surface area (Å²) in [6, 6.07) is 11.2. The molecule has 0 fully saturated rings. The van der Waals surface area contributed by atoms with E-state index in [1.807, 2.05) is 13.0 Å². The van der Waals surface area contributed by atoms with Crippen LogP contribution in [0, 0.1) is 6.92 Å². The number of nitrogens with one attached hydrogen (secondary N) is 1. The number of likely N-dealkylation sites (N-methyl/N-ethyl adjacent to an activating group) is 1. The minimum atomic E-state index is -3.83. The van der Waals surface area contributed by atoms with Gasteiger partial charge in [0, 0.05) is 13.5 Å². The first kappa shape index (κ1) is 18.3. The Balaban J connectivity index is 1.53.